The lowest BCUT2D eigenvalue weighted by Crippen LogP contribution is -2.14. The van der Waals surface area contributed by atoms with Crippen molar-refractivity contribution in [2.24, 2.45) is 5.92 Å². The quantitative estimate of drug-likeness (QED) is 0.823. The molecule has 0 spiro atoms. The summed E-state index contributed by atoms with van der Waals surface area (Å²) >= 11 is 0. The summed E-state index contributed by atoms with van der Waals surface area (Å²) in [6.45, 7) is 2.12. The highest BCUT2D eigenvalue weighted by molar-refractivity contribution is 5.04. The van der Waals surface area contributed by atoms with Gasteiger partial charge in [-0.2, -0.15) is 5.10 Å². The smallest absolute Gasteiger partial charge is 0.0534 e. The highest BCUT2D eigenvalue weighted by Crippen LogP contribution is 2.26. The lowest BCUT2D eigenvalue weighted by Gasteiger charge is -2.08. The van der Waals surface area contributed by atoms with Gasteiger partial charge in [0.2, 0.25) is 0 Å². The van der Waals surface area contributed by atoms with Crippen molar-refractivity contribution in [2.45, 2.75) is 57.7 Å². The third-order valence-electron chi connectivity index (χ3n) is 3.78. The predicted molar refractivity (Wildman–Crippen MR) is 64.0 cm³/mol. The molecule has 0 radical (unpaired) electrons. The van der Waals surface area contributed by atoms with Crippen molar-refractivity contribution in [1.82, 2.24) is 15.1 Å². The summed E-state index contributed by atoms with van der Waals surface area (Å²) in [5, 5.41) is 7.98. The number of rotatable bonds is 5. The molecule has 3 rings (SSSR count). The highest BCUT2D eigenvalue weighted by Gasteiger charge is 2.20. The van der Waals surface area contributed by atoms with E-state index in [1.807, 2.05) is 6.20 Å². The first kappa shape index (κ1) is 10.3. The molecule has 2 aliphatic rings. The molecule has 0 amide bonds. The van der Waals surface area contributed by atoms with E-state index in [2.05, 4.69) is 21.3 Å². The van der Waals surface area contributed by atoms with Crippen molar-refractivity contribution in [3.05, 3.63) is 18.0 Å². The van der Waals surface area contributed by atoms with Crippen LogP contribution in [0.3, 0.4) is 0 Å². The van der Waals surface area contributed by atoms with Gasteiger partial charge in [0.15, 0.2) is 0 Å². The van der Waals surface area contributed by atoms with Crippen molar-refractivity contribution in [3.8, 4) is 0 Å². The van der Waals surface area contributed by atoms with Gasteiger partial charge < -0.3 is 5.32 Å². The van der Waals surface area contributed by atoms with Crippen molar-refractivity contribution < 1.29 is 0 Å². The van der Waals surface area contributed by atoms with E-state index in [-0.39, 0.29) is 0 Å². The zero-order valence-corrected chi connectivity index (χ0v) is 9.86. The molecule has 16 heavy (non-hydrogen) atoms. The third kappa shape index (κ3) is 2.64. The van der Waals surface area contributed by atoms with Crippen LogP contribution in [-0.4, -0.2) is 15.8 Å². The second kappa shape index (κ2) is 4.58. The Bertz CT molecular complexity index is 335. The number of aromatic nitrogens is 2. The fourth-order valence-corrected chi connectivity index (χ4v) is 2.60. The number of nitrogens with zero attached hydrogens (tertiary/aromatic N) is 2. The Morgan fingerprint density at radius 3 is 2.81 bits per heavy atom. The second-order valence-corrected chi connectivity index (χ2v) is 5.38. The lowest BCUT2D eigenvalue weighted by molar-refractivity contribution is 0.428. The van der Waals surface area contributed by atoms with Crippen LogP contribution in [0, 0.1) is 5.92 Å². The third-order valence-corrected chi connectivity index (χ3v) is 3.78. The molecule has 2 saturated carbocycles. The maximum absolute atomic E-state index is 4.45. The number of hydrogen-bond acceptors (Lipinski definition) is 2. The van der Waals surface area contributed by atoms with Crippen LogP contribution in [0.4, 0.5) is 0 Å². The summed E-state index contributed by atoms with van der Waals surface area (Å²) < 4.78 is 2.14. The fourth-order valence-electron chi connectivity index (χ4n) is 2.60. The number of hydrogen-bond donors (Lipinski definition) is 1. The van der Waals surface area contributed by atoms with Gasteiger partial charge in [0.1, 0.15) is 0 Å². The molecule has 1 heterocycles. The predicted octanol–water partition coefficient (Wildman–Crippen LogP) is 2.33. The molecule has 0 bridgehead atoms. The van der Waals surface area contributed by atoms with Crippen LogP contribution in [0.25, 0.3) is 0 Å². The van der Waals surface area contributed by atoms with Crippen molar-refractivity contribution in [3.63, 3.8) is 0 Å². The Kier molecular flexibility index (Phi) is 2.96. The molecule has 0 unspecified atom stereocenters. The van der Waals surface area contributed by atoms with E-state index in [0.29, 0.717) is 0 Å². The summed E-state index contributed by atoms with van der Waals surface area (Å²) in [6.07, 6.45) is 12.6. The summed E-state index contributed by atoms with van der Waals surface area (Å²) in [5.41, 5.74) is 1.34. The fraction of sp³-hybridized carbons (Fsp3) is 0.769. The normalized spacial score (nSPS) is 21.8. The maximum Gasteiger partial charge on any atom is 0.0534 e. The molecule has 3 heteroatoms. The van der Waals surface area contributed by atoms with E-state index in [1.54, 1.807) is 0 Å². The zero-order chi connectivity index (χ0) is 10.8. The molecule has 1 N–H and O–H groups in total. The molecule has 3 nitrogen and oxygen atoms in total. The largest absolute Gasteiger partial charge is 0.310 e. The van der Waals surface area contributed by atoms with Crippen LogP contribution < -0.4 is 5.32 Å². The van der Waals surface area contributed by atoms with E-state index in [9.17, 15) is 0 Å². The molecule has 0 aromatic carbocycles. The van der Waals surface area contributed by atoms with Crippen LogP contribution in [0.2, 0.25) is 0 Å². The average Bonchev–Trinajstić information content (AvgIpc) is 2.78. The van der Waals surface area contributed by atoms with Crippen LogP contribution >= 0.6 is 0 Å². The van der Waals surface area contributed by atoms with Crippen LogP contribution in [-0.2, 0) is 13.1 Å². The Morgan fingerprint density at radius 2 is 2.06 bits per heavy atom. The van der Waals surface area contributed by atoms with Gasteiger partial charge in [0, 0.05) is 30.9 Å². The first-order chi connectivity index (χ1) is 7.90. The molecule has 1 aromatic rings. The lowest BCUT2D eigenvalue weighted by atomic mass is 10.1. The molecule has 0 atom stereocenters. The van der Waals surface area contributed by atoms with Crippen LogP contribution in [0.15, 0.2) is 12.4 Å². The molecule has 2 fully saturated rings. The summed E-state index contributed by atoms with van der Waals surface area (Å²) in [5.74, 6) is 0.879. The summed E-state index contributed by atoms with van der Waals surface area (Å²) in [7, 11) is 0. The summed E-state index contributed by atoms with van der Waals surface area (Å²) in [4.78, 5) is 0. The monoisotopic (exact) mass is 219 g/mol. The first-order valence-electron chi connectivity index (χ1n) is 6.65. The van der Waals surface area contributed by atoms with Crippen molar-refractivity contribution >= 4 is 0 Å². The second-order valence-electron chi connectivity index (χ2n) is 5.38. The molecule has 2 aliphatic carbocycles. The van der Waals surface area contributed by atoms with Gasteiger partial charge >= 0.3 is 0 Å². The first-order valence-corrected chi connectivity index (χ1v) is 6.65. The molecule has 0 aliphatic heterocycles. The van der Waals surface area contributed by atoms with E-state index in [0.717, 1.165) is 25.0 Å². The van der Waals surface area contributed by atoms with Gasteiger partial charge in [-0.25, -0.2) is 0 Å². The molecular formula is C13H21N3. The summed E-state index contributed by atoms with van der Waals surface area (Å²) in [6, 6.07) is 0.790. The Morgan fingerprint density at radius 1 is 1.25 bits per heavy atom. The van der Waals surface area contributed by atoms with E-state index in [1.165, 1.54) is 44.1 Å². The van der Waals surface area contributed by atoms with E-state index < -0.39 is 0 Å². The van der Waals surface area contributed by atoms with Gasteiger partial charge in [-0.1, -0.05) is 12.8 Å². The molecule has 1 aromatic heterocycles. The van der Waals surface area contributed by atoms with Gasteiger partial charge in [-0.3, -0.25) is 4.68 Å². The van der Waals surface area contributed by atoms with E-state index in [4.69, 9.17) is 0 Å². The standard InChI is InChI=1S/C13H21N3/c1-2-4-11(3-1)9-16-10-12(8-15-16)7-14-13-5-6-13/h8,10-11,13-14H,1-7,9H2. The molecule has 88 valence electrons. The maximum atomic E-state index is 4.45. The minimum absolute atomic E-state index is 0.790. The minimum atomic E-state index is 0.790. The van der Waals surface area contributed by atoms with Crippen molar-refractivity contribution in [2.75, 3.05) is 0 Å². The van der Waals surface area contributed by atoms with Gasteiger partial charge in [0.05, 0.1) is 6.20 Å². The highest BCUT2D eigenvalue weighted by atomic mass is 15.3. The number of nitrogens with one attached hydrogen (secondary N) is 1. The Hall–Kier alpha value is -0.830. The van der Waals surface area contributed by atoms with Gasteiger partial charge in [-0.15, -0.1) is 0 Å². The molecular weight excluding hydrogens is 198 g/mol. The van der Waals surface area contributed by atoms with Gasteiger partial charge in [0.25, 0.3) is 0 Å². The van der Waals surface area contributed by atoms with Gasteiger partial charge in [-0.05, 0) is 31.6 Å². The average molecular weight is 219 g/mol. The van der Waals surface area contributed by atoms with E-state index >= 15 is 0 Å². The van der Waals surface area contributed by atoms with Crippen molar-refractivity contribution in [1.29, 1.82) is 0 Å². The SMILES string of the molecule is c1nn(CC2CCCC2)cc1CNC1CC1. The van der Waals surface area contributed by atoms with Crippen LogP contribution in [0.1, 0.15) is 44.1 Å². The topological polar surface area (TPSA) is 29.9 Å². The Labute approximate surface area is 97.2 Å². The van der Waals surface area contributed by atoms with Crippen LogP contribution in [0.5, 0.6) is 0 Å². The Balaban J connectivity index is 1.50. The zero-order valence-electron chi connectivity index (χ0n) is 9.86. The minimum Gasteiger partial charge on any atom is -0.310 e. The molecule has 0 saturated heterocycles.